The summed E-state index contributed by atoms with van der Waals surface area (Å²) in [6.45, 7) is 0.792. The van der Waals surface area contributed by atoms with Gasteiger partial charge < -0.3 is 5.32 Å². The molecule has 0 spiro atoms. The van der Waals surface area contributed by atoms with Gasteiger partial charge in [-0.25, -0.2) is 4.39 Å². The third-order valence-electron chi connectivity index (χ3n) is 5.40. The molecule has 0 atom stereocenters. The highest BCUT2D eigenvalue weighted by atomic mass is 79.9. The molecule has 3 aromatic rings. The fourth-order valence-electron chi connectivity index (χ4n) is 3.71. The molecule has 0 fully saturated rings. The number of unbranched alkanes of at least 4 members (excludes halogenated alkanes) is 2. The Kier molecular flexibility index (Phi) is 6.98. The summed E-state index contributed by atoms with van der Waals surface area (Å²) in [5.41, 5.74) is 1.79. The highest BCUT2D eigenvalue weighted by Crippen LogP contribution is 2.23. The molecule has 1 aromatic heterocycles. The van der Waals surface area contributed by atoms with Gasteiger partial charge in [-0.05, 0) is 58.6 Å². The van der Waals surface area contributed by atoms with E-state index in [1.165, 1.54) is 17.0 Å². The van der Waals surface area contributed by atoms with Crippen LogP contribution >= 0.6 is 15.9 Å². The summed E-state index contributed by atoms with van der Waals surface area (Å²) < 4.78 is 15.4. The van der Waals surface area contributed by atoms with Gasteiger partial charge in [-0.15, -0.1) is 0 Å². The number of anilines is 1. The minimum atomic E-state index is -0.294. The summed E-state index contributed by atoms with van der Waals surface area (Å²) >= 11 is 3.40. The van der Waals surface area contributed by atoms with Crippen LogP contribution in [0.1, 0.15) is 52.0 Å². The summed E-state index contributed by atoms with van der Waals surface area (Å²) in [5, 5.41) is 7.15. The molecule has 170 valence electrons. The Morgan fingerprint density at radius 3 is 2.30 bits per heavy atom. The van der Waals surface area contributed by atoms with Crippen LogP contribution in [0.2, 0.25) is 0 Å². The maximum atomic E-state index is 13.0. The van der Waals surface area contributed by atoms with Gasteiger partial charge in [0.25, 0.3) is 11.8 Å². The first-order chi connectivity index (χ1) is 15.9. The van der Waals surface area contributed by atoms with E-state index in [0.717, 1.165) is 5.56 Å². The van der Waals surface area contributed by atoms with Gasteiger partial charge in [-0.1, -0.05) is 30.7 Å². The molecule has 9 heteroatoms. The van der Waals surface area contributed by atoms with Crippen LogP contribution in [0.3, 0.4) is 0 Å². The van der Waals surface area contributed by atoms with Crippen LogP contribution in [0.15, 0.2) is 59.2 Å². The number of aromatic nitrogens is 2. The van der Waals surface area contributed by atoms with E-state index in [1.807, 2.05) is 0 Å². The van der Waals surface area contributed by atoms with Crippen LogP contribution in [-0.4, -0.2) is 38.9 Å². The largest absolute Gasteiger partial charge is 0.308 e. The summed E-state index contributed by atoms with van der Waals surface area (Å²) in [4.78, 5) is 38.3. The Labute approximate surface area is 198 Å². The Morgan fingerprint density at radius 2 is 1.64 bits per heavy atom. The Bertz CT molecular complexity index is 1160. The second-order valence-electron chi connectivity index (χ2n) is 7.82. The predicted molar refractivity (Wildman–Crippen MR) is 124 cm³/mol. The Hall–Kier alpha value is -3.33. The minimum Gasteiger partial charge on any atom is -0.308 e. The van der Waals surface area contributed by atoms with Crippen molar-refractivity contribution in [1.82, 2.24) is 14.7 Å². The molecular weight excluding hydrogens is 491 g/mol. The lowest BCUT2D eigenvalue weighted by molar-refractivity contribution is -0.116. The number of imide groups is 1. The summed E-state index contributed by atoms with van der Waals surface area (Å²) in [5.74, 6) is -0.544. The molecular formula is C24H22BrFN4O3. The molecule has 1 aliphatic heterocycles. The number of hydrogen-bond acceptors (Lipinski definition) is 4. The van der Waals surface area contributed by atoms with E-state index >= 15 is 0 Å². The van der Waals surface area contributed by atoms with Crippen molar-refractivity contribution in [1.29, 1.82) is 0 Å². The van der Waals surface area contributed by atoms with Crippen LogP contribution in [0.5, 0.6) is 0 Å². The van der Waals surface area contributed by atoms with Gasteiger partial charge in [0.1, 0.15) is 5.82 Å². The quantitative estimate of drug-likeness (QED) is 0.334. The number of nitrogens with one attached hydrogen (secondary N) is 1. The van der Waals surface area contributed by atoms with Crippen molar-refractivity contribution in [2.75, 3.05) is 11.9 Å². The maximum Gasteiger partial charge on any atom is 0.261 e. The Balaban J connectivity index is 1.20. The summed E-state index contributed by atoms with van der Waals surface area (Å²) in [7, 11) is 0. The van der Waals surface area contributed by atoms with Crippen LogP contribution in [0, 0.1) is 5.82 Å². The average molecular weight is 513 g/mol. The highest BCUT2D eigenvalue weighted by Gasteiger charge is 2.34. The lowest BCUT2D eigenvalue weighted by Gasteiger charge is -2.13. The first-order valence-corrected chi connectivity index (χ1v) is 11.4. The molecule has 7 nitrogen and oxygen atoms in total. The number of nitrogens with zero attached hydrogens (tertiary/aromatic N) is 3. The van der Waals surface area contributed by atoms with E-state index in [1.54, 1.807) is 47.3 Å². The van der Waals surface area contributed by atoms with Crippen molar-refractivity contribution < 1.29 is 18.8 Å². The topological polar surface area (TPSA) is 84.3 Å². The zero-order valence-electron chi connectivity index (χ0n) is 17.8. The average Bonchev–Trinajstić information content (AvgIpc) is 3.26. The van der Waals surface area contributed by atoms with E-state index in [-0.39, 0.29) is 23.5 Å². The summed E-state index contributed by atoms with van der Waals surface area (Å²) in [6.07, 6.45) is 4.03. The molecule has 2 aromatic carbocycles. The van der Waals surface area contributed by atoms with E-state index < -0.39 is 0 Å². The smallest absolute Gasteiger partial charge is 0.261 e. The second kappa shape index (κ2) is 10.1. The van der Waals surface area contributed by atoms with E-state index in [2.05, 4.69) is 26.3 Å². The lowest BCUT2D eigenvalue weighted by atomic mass is 10.1. The number of benzene rings is 2. The highest BCUT2D eigenvalue weighted by molar-refractivity contribution is 9.10. The van der Waals surface area contributed by atoms with Crippen molar-refractivity contribution in [3.05, 3.63) is 81.7 Å². The third-order valence-corrected chi connectivity index (χ3v) is 5.98. The van der Waals surface area contributed by atoms with Crippen molar-refractivity contribution in [2.45, 2.75) is 32.2 Å². The number of carbonyl (C=O) groups is 3. The predicted octanol–water partition coefficient (Wildman–Crippen LogP) is 4.63. The number of carbonyl (C=O) groups excluding carboxylic acids is 3. The molecule has 0 radical (unpaired) electrons. The fourth-order valence-corrected chi connectivity index (χ4v) is 4.12. The van der Waals surface area contributed by atoms with Gasteiger partial charge in [0, 0.05) is 19.2 Å². The maximum absolute atomic E-state index is 13.0. The van der Waals surface area contributed by atoms with Gasteiger partial charge in [0.2, 0.25) is 5.91 Å². The molecule has 3 amide bonds. The fraction of sp³-hybridized carbons (Fsp3) is 0.250. The standard InChI is InChI=1S/C24H22BrFN4O3/c25-20-15-29(14-16-9-11-17(26)12-10-16)28-22(20)27-21(31)8-2-1-5-13-30-23(32)18-6-3-4-7-19(18)24(30)33/h3-4,6-7,9-12,15H,1-2,5,8,13-14H2,(H,27,28,31). The van der Waals surface area contributed by atoms with E-state index in [4.69, 9.17) is 0 Å². The molecule has 1 aliphatic rings. The number of hydrogen-bond donors (Lipinski definition) is 1. The molecule has 0 aliphatic carbocycles. The third kappa shape index (κ3) is 5.36. The van der Waals surface area contributed by atoms with Gasteiger partial charge >= 0.3 is 0 Å². The van der Waals surface area contributed by atoms with Crippen molar-refractivity contribution in [3.8, 4) is 0 Å². The summed E-state index contributed by atoms with van der Waals surface area (Å²) in [6, 6.07) is 13.0. The number of amides is 3. The van der Waals surface area contributed by atoms with E-state index in [9.17, 15) is 18.8 Å². The second-order valence-corrected chi connectivity index (χ2v) is 8.67. The monoisotopic (exact) mass is 512 g/mol. The van der Waals surface area contributed by atoms with Gasteiger partial charge in [-0.3, -0.25) is 24.0 Å². The molecule has 0 bridgehead atoms. The molecule has 0 saturated carbocycles. The Morgan fingerprint density at radius 1 is 0.970 bits per heavy atom. The van der Waals surface area contributed by atoms with Crippen LogP contribution in [0.25, 0.3) is 0 Å². The number of rotatable bonds is 9. The van der Waals surface area contributed by atoms with Crippen molar-refractivity contribution >= 4 is 39.5 Å². The van der Waals surface area contributed by atoms with Crippen LogP contribution < -0.4 is 5.32 Å². The molecule has 4 rings (SSSR count). The van der Waals surface area contributed by atoms with Crippen LogP contribution in [0.4, 0.5) is 10.2 Å². The molecule has 0 unspecified atom stereocenters. The van der Waals surface area contributed by atoms with E-state index in [0.29, 0.717) is 60.2 Å². The minimum absolute atomic E-state index is 0.163. The molecule has 2 heterocycles. The molecule has 33 heavy (non-hydrogen) atoms. The van der Waals surface area contributed by atoms with Crippen molar-refractivity contribution in [3.63, 3.8) is 0 Å². The normalized spacial score (nSPS) is 12.8. The first kappa shape index (κ1) is 22.8. The zero-order valence-corrected chi connectivity index (χ0v) is 19.3. The molecule has 0 saturated heterocycles. The number of fused-ring (bicyclic) bond motifs is 1. The van der Waals surface area contributed by atoms with Crippen LogP contribution in [-0.2, 0) is 11.3 Å². The van der Waals surface area contributed by atoms with Crippen molar-refractivity contribution in [2.24, 2.45) is 0 Å². The van der Waals surface area contributed by atoms with Gasteiger partial charge in [0.05, 0.1) is 22.1 Å². The van der Waals surface area contributed by atoms with Gasteiger partial charge in [-0.2, -0.15) is 5.10 Å². The lowest BCUT2D eigenvalue weighted by Crippen LogP contribution is -2.30. The SMILES string of the molecule is O=C(CCCCCN1C(=O)c2ccccc2C1=O)Nc1nn(Cc2ccc(F)cc2)cc1Br. The zero-order chi connectivity index (χ0) is 23.4. The van der Waals surface area contributed by atoms with Gasteiger partial charge in [0.15, 0.2) is 5.82 Å². The first-order valence-electron chi connectivity index (χ1n) is 10.6. The molecule has 1 N–H and O–H groups in total. The number of halogens is 2.